The number of benzene rings is 1. The van der Waals surface area contributed by atoms with E-state index in [1.807, 2.05) is 6.92 Å². The molecule has 1 aliphatic carbocycles. The summed E-state index contributed by atoms with van der Waals surface area (Å²) in [6, 6.07) is 3.59. The zero-order chi connectivity index (χ0) is 19.0. The number of aryl methyl sites for hydroxylation is 2. The highest BCUT2D eigenvalue weighted by atomic mass is 19.3. The summed E-state index contributed by atoms with van der Waals surface area (Å²) < 4.78 is 34.7. The number of anilines is 1. The number of aromatic nitrogens is 2. The van der Waals surface area contributed by atoms with Gasteiger partial charge < -0.3 is 20.1 Å². The maximum Gasteiger partial charge on any atom is 0.586 e. The highest BCUT2D eigenvalue weighted by Crippen LogP contribution is 2.42. The fourth-order valence-corrected chi connectivity index (χ4v) is 3.28. The molecule has 1 aliphatic heterocycles. The first kappa shape index (κ1) is 17.4. The summed E-state index contributed by atoms with van der Waals surface area (Å²) in [5.41, 5.74) is 3.68. The van der Waals surface area contributed by atoms with Crippen molar-refractivity contribution in [2.45, 2.75) is 38.9 Å². The summed E-state index contributed by atoms with van der Waals surface area (Å²) in [7, 11) is 0. The minimum atomic E-state index is -3.68. The van der Waals surface area contributed by atoms with E-state index >= 15 is 0 Å². The van der Waals surface area contributed by atoms with Gasteiger partial charge in [-0.2, -0.15) is 0 Å². The third-order valence-corrected chi connectivity index (χ3v) is 4.48. The van der Waals surface area contributed by atoms with Gasteiger partial charge in [0.1, 0.15) is 5.82 Å². The first-order valence-electron chi connectivity index (χ1n) is 8.70. The molecule has 0 fully saturated rings. The number of nitrogens with one attached hydrogen (secondary N) is 2. The van der Waals surface area contributed by atoms with E-state index in [0.29, 0.717) is 24.5 Å². The van der Waals surface area contributed by atoms with Gasteiger partial charge in [-0.15, -0.1) is 8.78 Å². The van der Waals surface area contributed by atoms with Crippen molar-refractivity contribution in [2.24, 2.45) is 0 Å². The number of alkyl halides is 2. The van der Waals surface area contributed by atoms with Crippen LogP contribution in [0.25, 0.3) is 0 Å². The van der Waals surface area contributed by atoms with Crippen LogP contribution in [0.1, 0.15) is 29.2 Å². The summed E-state index contributed by atoms with van der Waals surface area (Å²) in [4.78, 5) is 21.1. The van der Waals surface area contributed by atoms with Crippen LogP contribution < -0.4 is 20.1 Å². The van der Waals surface area contributed by atoms with E-state index in [1.165, 1.54) is 23.8 Å². The zero-order valence-corrected chi connectivity index (χ0v) is 14.6. The van der Waals surface area contributed by atoms with E-state index < -0.39 is 12.3 Å². The number of urea groups is 1. The SMILES string of the molecule is Cc1nc(CCNC(=O)Nc2ccc3c(c2)OC(F)(F)O3)nc2c1CCC2. The zero-order valence-electron chi connectivity index (χ0n) is 14.6. The quantitative estimate of drug-likeness (QED) is 0.857. The van der Waals surface area contributed by atoms with Crippen LogP contribution >= 0.6 is 0 Å². The minimum absolute atomic E-state index is 0.0740. The molecule has 2 aliphatic rings. The first-order valence-corrected chi connectivity index (χ1v) is 8.70. The second-order valence-corrected chi connectivity index (χ2v) is 6.46. The number of halogens is 2. The van der Waals surface area contributed by atoms with Gasteiger partial charge in [-0.05, 0) is 43.9 Å². The molecule has 2 amide bonds. The standard InChI is InChI=1S/C18H18F2N4O3/c1-10-12-3-2-4-13(12)24-16(22-10)7-8-21-17(25)23-11-5-6-14-15(9-11)27-18(19,20)26-14/h5-6,9H,2-4,7-8H2,1H3,(H2,21,23,25). The summed E-state index contributed by atoms with van der Waals surface area (Å²) in [6.45, 7) is 2.34. The molecule has 27 heavy (non-hydrogen) atoms. The van der Waals surface area contributed by atoms with Crippen molar-refractivity contribution in [3.05, 3.63) is 41.0 Å². The molecular weight excluding hydrogens is 358 g/mol. The van der Waals surface area contributed by atoms with Crippen molar-refractivity contribution in [1.29, 1.82) is 0 Å². The summed E-state index contributed by atoms with van der Waals surface area (Å²) in [6.07, 6.45) is -0.0606. The highest BCUT2D eigenvalue weighted by molar-refractivity contribution is 5.89. The molecule has 0 saturated carbocycles. The van der Waals surface area contributed by atoms with Gasteiger partial charge in [0, 0.05) is 36.1 Å². The maximum atomic E-state index is 13.0. The molecule has 0 unspecified atom stereocenters. The number of nitrogens with zero attached hydrogens (tertiary/aromatic N) is 2. The predicted octanol–water partition coefficient (Wildman–Crippen LogP) is 2.96. The summed E-state index contributed by atoms with van der Waals surface area (Å²) in [5, 5.41) is 5.27. The van der Waals surface area contributed by atoms with Gasteiger partial charge in [-0.3, -0.25) is 0 Å². The molecule has 0 saturated heterocycles. The Kier molecular flexibility index (Phi) is 4.29. The Morgan fingerprint density at radius 3 is 2.89 bits per heavy atom. The van der Waals surface area contributed by atoms with Crippen LogP contribution in [0.5, 0.6) is 11.5 Å². The number of hydrogen-bond donors (Lipinski definition) is 2. The van der Waals surface area contributed by atoms with E-state index in [0.717, 1.165) is 30.7 Å². The highest BCUT2D eigenvalue weighted by Gasteiger charge is 2.43. The molecule has 2 aromatic rings. The van der Waals surface area contributed by atoms with E-state index in [1.54, 1.807) is 0 Å². The molecule has 0 atom stereocenters. The van der Waals surface area contributed by atoms with Gasteiger partial charge in [0.25, 0.3) is 0 Å². The molecule has 0 radical (unpaired) electrons. The lowest BCUT2D eigenvalue weighted by molar-refractivity contribution is -0.286. The van der Waals surface area contributed by atoms with Crippen LogP contribution in [0, 0.1) is 6.92 Å². The number of amides is 2. The van der Waals surface area contributed by atoms with Gasteiger partial charge >= 0.3 is 12.3 Å². The summed E-state index contributed by atoms with van der Waals surface area (Å²) in [5.74, 6) is 0.508. The molecule has 0 bridgehead atoms. The molecule has 0 spiro atoms. The van der Waals surface area contributed by atoms with Gasteiger partial charge in [0.2, 0.25) is 0 Å². The Balaban J connectivity index is 1.30. The van der Waals surface area contributed by atoms with E-state index in [2.05, 4.69) is 30.1 Å². The number of carbonyl (C=O) groups excluding carboxylic acids is 1. The normalized spacial score (nSPS) is 16.1. The Bertz CT molecular complexity index is 904. The minimum Gasteiger partial charge on any atom is -0.395 e. The van der Waals surface area contributed by atoms with E-state index in [9.17, 15) is 13.6 Å². The molecule has 142 valence electrons. The monoisotopic (exact) mass is 376 g/mol. The second-order valence-electron chi connectivity index (χ2n) is 6.46. The average Bonchev–Trinajstić information content (AvgIpc) is 3.17. The van der Waals surface area contributed by atoms with Crippen molar-refractivity contribution in [2.75, 3.05) is 11.9 Å². The lowest BCUT2D eigenvalue weighted by Crippen LogP contribution is -2.30. The molecule has 2 N–H and O–H groups in total. The van der Waals surface area contributed by atoms with Gasteiger partial charge in [-0.1, -0.05) is 0 Å². The Hall–Kier alpha value is -2.97. The fourth-order valence-electron chi connectivity index (χ4n) is 3.28. The van der Waals surface area contributed by atoms with Gasteiger partial charge in [0.05, 0.1) is 0 Å². The van der Waals surface area contributed by atoms with Crippen molar-refractivity contribution in [3.8, 4) is 11.5 Å². The first-order chi connectivity index (χ1) is 12.9. The average molecular weight is 376 g/mol. The number of hydrogen-bond acceptors (Lipinski definition) is 5. The van der Waals surface area contributed by atoms with Gasteiger partial charge in [0.15, 0.2) is 11.5 Å². The van der Waals surface area contributed by atoms with Crippen molar-refractivity contribution >= 4 is 11.7 Å². The summed E-state index contributed by atoms with van der Waals surface area (Å²) >= 11 is 0. The Labute approximate surface area is 154 Å². The lowest BCUT2D eigenvalue weighted by atomic mass is 10.2. The Morgan fingerprint density at radius 1 is 1.22 bits per heavy atom. The van der Waals surface area contributed by atoms with Crippen LogP contribution in [-0.2, 0) is 19.3 Å². The maximum absolute atomic E-state index is 13.0. The fraction of sp³-hybridized carbons (Fsp3) is 0.389. The largest absolute Gasteiger partial charge is 0.586 e. The van der Waals surface area contributed by atoms with Crippen LogP contribution in [0.3, 0.4) is 0 Å². The van der Waals surface area contributed by atoms with E-state index in [-0.39, 0.29) is 11.5 Å². The van der Waals surface area contributed by atoms with Crippen molar-refractivity contribution < 1.29 is 23.0 Å². The van der Waals surface area contributed by atoms with Gasteiger partial charge in [-0.25, -0.2) is 14.8 Å². The van der Waals surface area contributed by atoms with Crippen LogP contribution in [0.4, 0.5) is 19.3 Å². The third kappa shape index (κ3) is 3.76. The van der Waals surface area contributed by atoms with Crippen LogP contribution in [0.15, 0.2) is 18.2 Å². The smallest absolute Gasteiger partial charge is 0.395 e. The molecular formula is C18H18F2N4O3. The van der Waals surface area contributed by atoms with Crippen LogP contribution in [-0.4, -0.2) is 28.8 Å². The van der Waals surface area contributed by atoms with Crippen LogP contribution in [0.2, 0.25) is 0 Å². The number of carbonyl (C=O) groups is 1. The van der Waals surface area contributed by atoms with E-state index in [4.69, 9.17) is 0 Å². The third-order valence-electron chi connectivity index (χ3n) is 4.48. The topological polar surface area (TPSA) is 85.4 Å². The Morgan fingerprint density at radius 2 is 2.04 bits per heavy atom. The molecule has 1 aromatic heterocycles. The molecule has 9 heteroatoms. The van der Waals surface area contributed by atoms with Crippen molar-refractivity contribution in [1.82, 2.24) is 15.3 Å². The number of ether oxygens (including phenoxy) is 2. The van der Waals surface area contributed by atoms with Crippen molar-refractivity contribution in [3.63, 3.8) is 0 Å². The predicted molar refractivity (Wildman–Crippen MR) is 92.2 cm³/mol. The molecule has 1 aromatic carbocycles. The molecule has 2 heterocycles. The lowest BCUT2D eigenvalue weighted by Gasteiger charge is -2.09. The second kappa shape index (κ2) is 6.64. The number of fused-ring (bicyclic) bond motifs is 2. The molecule has 7 nitrogen and oxygen atoms in total. The molecule has 4 rings (SSSR count). The number of rotatable bonds is 4.